The molecule has 35 heavy (non-hydrogen) atoms. The highest BCUT2D eigenvalue weighted by atomic mass is 32.1. The van der Waals surface area contributed by atoms with E-state index in [0.717, 1.165) is 62.4 Å². The molecular formula is C25H32N8OS. The molecule has 3 aliphatic rings. The normalized spacial score (nSPS) is 20.6. The van der Waals surface area contributed by atoms with Crippen LogP contribution in [0.3, 0.4) is 0 Å². The molecule has 0 aromatic carbocycles. The topological polar surface area (TPSA) is 112 Å². The Kier molecular flexibility index (Phi) is 6.37. The summed E-state index contributed by atoms with van der Waals surface area (Å²) in [4.78, 5) is 29.3. The Labute approximate surface area is 209 Å². The van der Waals surface area contributed by atoms with Gasteiger partial charge in [-0.15, -0.1) is 11.3 Å². The molecule has 1 amide bonds. The van der Waals surface area contributed by atoms with Crippen LogP contribution in [0.4, 0.5) is 22.7 Å². The standard InChI is InChI=1S/C25H32N8OS/c34-23(30-25-26-12-14-35-25)20-11-4-5-13-33(20)24-27-18-10-6-9-17(18)22(29-24)28-21-15-19(31-32-21)16-7-2-1-3-8-16/h12,14-16,20H,1-11,13H2,(H,26,30,34)(H2,27,28,29,31,32)/t20-/m1/s1. The SMILES string of the molecule is O=C(Nc1nccs1)[C@H]1CCCCN1c1nc2c(c(Nc3cc(C4CCCCC4)[nH]n3)n1)CCC2. The molecule has 0 radical (unpaired) electrons. The maximum absolute atomic E-state index is 13.1. The zero-order chi connectivity index (χ0) is 23.6. The van der Waals surface area contributed by atoms with E-state index in [1.54, 1.807) is 6.20 Å². The summed E-state index contributed by atoms with van der Waals surface area (Å²) in [5.74, 6) is 2.80. The highest BCUT2D eigenvalue weighted by Gasteiger charge is 2.33. The molecule has 3 aromatic rings. The van der Waals surface area contributed by atoms with E-state index in [2.05, 4.69) is 36.8 Å². The molecule has 0 bridgehead atoms. The first-order valence-electron chi connectivity index (χ1n) is 12.9. The van der Waals surface area contributed by atoms with Crippen LogP contribution in [-0.4, -0.2) is 43.6 Å². The van der Waals surface area contributed by atoms with Gasteiger partial charge in [0, 0.05) is 41.4 Å². The summed E-state index contributed by atoms with van der Waals surface area (Å²) in [5, 5.41) is 16.8. The largest absolute Gasteiger partial charge is 0.329 e. The predicted molar refractivity (Wildman–Crippen MR) is 137 cm³/mol. The van der Waals surface area contributed by atoms with Crippen LogP contribution in [-0.2, 0) is 17.6 Å². The molecule has 0 unspecified atom stereocenters. The molecule has 184 valence electrons. The van der Waals surface area contributed by atoms with E-state index in [9.17, 15) is 4.79 Å². The summed E-state index contributed by atoms with van der Waals surface area (Å²) in [6, 6.07) is 1.84. The number of aromatic nitrogens is 5. The Morgan fingerprint density at radius 3 is 2.80 bits per heavy atom. The van der Waals surface area contributed by atoms with Crippen LogP contribution in [0.2, 0.25) is 0 Å². The quantitative estimate of drug-likeness (QED) is 0.447. The number of nitrogens with zero attached hydrogens (tertiary/aromatic N) is 5. The molecule has 3 N–H and O–H groups in total. The van der Waals surface area contributed by atoms with Crippen molar-refractivity contribution < 1.29 is 4.79 Å². The summed E-state index contributed by atoms with van der Waals surface area (Å²) in [6.45, 7) is 0.766. The lowest BCUT2D eigenvalue weighted by Gasteiger charge is -2.35. The average molecular weight is 493 g/mol. The number of fused-ring (bicyclic) bond motifs is 1. The molecule has 2 fully saturated rings. The lowest BCUT2D eigenvalue weighted by molar-refractivity contribution is -0.117. The number of amides is 1. The Balaban J connectivity index is 1.26. The van der Waals surface area contributed by atoms with Crippen molar-refractivity contribution in [3.8, 4) is 0 Å². The summed E-state index contributed by atoms with van der Waals surface area (Å²) in [6.07, 6.45) is 13.9. The molecule has 2 aliphatic carbocycles. The number of hydrogen-bond donors (Lipinski definition) is 3. The fourth-order valence-corrected chi connectivity index (χ4v) is 6.25. The minimum atomic E-state index is -0.303. The van der Waals surface area contributed by atoms with Gasteiger partial charge in [-0.2, -0.15) is 10.1 Å². The highest BCUT2D eigenvalue weighted by molar-refractivity contribution is 7.13. The number of piperidine rings is 1. The third kappa shape index (κ3) is 4.76. The Morgan fingerprint density at radius 2 is 1.94 bits per heavy atom. The van der Waals surface area contributed by atoms with Gasteiger partial charge in [0.2, 0.25) is 11.9 Å². The Morgan fingerprint density at radius 1 is 1.06 bits per heavy atom. The van der Waals surface area contributed by atoms with Crippen LogP contribution < -0.4 is 15.5 Å². The number of carbonyl (C=O) groups is 1. The van der Waals surface area contributed by atoms with Gasteiger partial charge in [0.1, 0.15) is 11.9 Å². The maximum Gasteiger partial charge on any atom is 0.248 e. The van der Waals surface area contributed by atoms with Crippen LogP contribution in [0.5, 0.6) is 0 Å². The number of rotatable bonds is 6. The zero-order valence-electron chi connectivity index (χ0n) is 19.9. The first kappa shape index (κ1) is 22.5. The van der Waals surface area contributed by atoms with Gasteiger partial charge in [-0.05, 0) is 51.4 Å². The number of H-pyrrole nitrogens is 1. The molecular weight excluding hydrogens is 460 g/mol. The fraction of sp³-hybridized carbons (Fsp3) is 0.560. The lowest BCUT2D eigenvalue weighted by atomic mass is 9.87. The van der Waals surface area contributed by atoms with Crippen molar-refractivity contribution in [2.24, 2.45) is 0 Å². The molecule has 1 saturated heterocycles. The smallest absolute Gasteiger partial charge is 0.248 e. The van der Waals surface area contributed by atoms with Crippen molar-refractivity contribution in [1.82, 2.24) is 25.1 Å². The number of aryl methyl sites for hydroxylation is 1. The molecule has 1 atom stereocenters. The number of hydrogen-bond acceptors (Lipinski definition) is 8. The third-order valence-corrected chi connectivity index (χ3v) is 8.22. The van der Waals surface area contributed by atoms with Gasteiger partial charge < -0.3 is 15.5 Å². The van der Waals surface area contributed by atoms with Crippen LogP contribution in [0.15, 0.2) is 17.6 Å². The minimum Gasteiger partial charge on any atom is -0.329 e. The van der Waals surface area contributed by atoms with E-state index in [0.29, 0.717) is 17.0 Å². The fourth-order valence-electron chi connectivity index (χ4n) is 5.71. The molecule has 3 aromatic heterocycles. The monoisotopic (exact) mass is 492 g/mol. The number of anilines is 4. The number of nitrogens with one attached hydrogen (secondary N) is 3. The van der Waals surface area contributed by atoms with Gasteiger partial charge in [0.05, 0.1) is 5.69 Å². The van der Waals surface area contributed by atoms with Gasteiger partial charge in [0.15, 0.2) is 10.9 Å². The minimum absolute atomic E-state index is 0.0392. The van der Waals surface area contributed by atoms with Crippen LogP contribution in [0.25, 0.3) is 0 Å². The van der Waals surface area contributed by atoms with Gasteiger partial charge in [-0.25, -0.2) is 9.97 Å². The van der Waals surface area contributed by atoms with E-state index < -0.39 is 0 Å². The molecule has 0 spiro atoms. The number of aromatic amines is 1. The van der Waals surface area contributed by atoms with Crippen molar-refractivity contribution in [2.45, 2.75) is 82.6 Å². The zero-order valence-corrected chi connectivity index (χ0v) is 20.7. The Bertz CT molecular complexity index is 1170. The summed E-state index contributed by atoms with van der Waals surface area (Å²) >= 11 is 1.43. The van der Waals surface area contributed by atoms with Crippen molar-refractivity contribution in [3.05, 3.63) is 34.6 Å². The second kappa shape index (κ2) is 9.93. The molecule has 9 nitrogen and oxygen atoms in total. The van der Waals surface area contributed by atoms with Gasteiger partial charge >= 0.3 is 0 Å². The molecule has 10 heteroatoms. The lowest BCUT2D eigenvalue weighted by Crippen LogP contribution is -2.48. The van der Waals surface area contributed by atoms with Crippen LogP contribution in [0.1, 0.15) is 80.7 Å². The summed E-state index contributed by atoms with van der Waals surface area (Å²) < 4.78 is 0. The number of thiazole rings is 1. The first-order valence-corrected chi connectivity index (χ1v) is 13.8. The number of carbonyl (C=O) groups excluding carboxylic acids is 1. The van der Waals surface area contributed by atoms with Crippen LogP contribution in [0, 0.1) is 0 Å². The molecule has 1 aliphatic heterocycles. The molecule has 6 rings (SSSR count). The van der Waals surface area contributed by atoms with E-state index in [4.69, 9.17) is 9.97 Å². The van der Waals surface area contributed by atoms with Crippen molar-refractivity contribution in [1.29, 1.82) is 0 Å². The van der Waals surface area contributed by atoms with E-state index in [1.165, 1.54) is 54.7 Å². The summed E-state index contributed by atoms with van der Waals surface area (Å²) in [7, 11) is 0. The van der Waals surface area contributed by atoms with E-state index in [-0.39, 0.29) is 11.9 Å². The van der Waals surface area contributed by atoms with Crippen LogP contribution >= 0.6 is 11.3 Å². The first-order chi connectivity index (χ1) is 17.2. The van der Waals surface area contributed by atoms with Gasteiger partial charge in [0.25, 0.3) is 0 Å². The van der Waals surface area contributed by atoms with Crippen molar-refractivity contribution in [2.75, 3.05) is 22.1 Å². The molecule has 4 heterocycles. The second-order valence-electron chi connectivity index (χ2n) is 9.85. The Hall–Kier alpha value is -3.01. The average Bonchev–Trinajstić information content (AvgIpc) is 3.67. The van der Waals surface area contributed by atoms with Gasteiger partial charge in [-0.1, -0.05) is 19.3 Å². The van der Waals surface area contributed by atoms with Gasteiger partial charge in [-0.3, -0.25) is 9.89 Å². The maximum atomic E-state index is 13.1. The second-order valence-corrected chi connectivity index (χ2v) is 10.7. The van der Waals surface area contributed by atoms with E-state index >= 15 is 0 Å². The van der Waals surface area contributed by atoms with Crippen molar-refractivity contribution in [3.63, 3.8) is 0 Å². The third-order valence-electron chi connectivity index (χ3n) is 7.54. The highest BCUT2D eigenvalue weighted by Crippen LogP contribution is 2.35. The molecule has 1 saturated carbocycles. The summed E-state index contributed by atoms with van der Waals surface area (Å²) in [5.41, 5.74) is 3.48. The van der Waals surface area contributed by atoms with E-state index in [1.807, 2.05) is 5.38 Å². The van der Waals surface area contributed by atoms with Crippen molar-refractivity contribution >= 4 is 40.0 Å². The predicted octanol–water partition coefficient (Wildman–Crippen LogP) is 4.93.